The summed E-state index contributed by atoms with van der Waals surface area (Å²) in [5.41, 5.74) is 1.41. The molecule has 17 heavy (non-hydrogen) atoms. The lowest BCUT2D eigenvalue weighted by Gasteiger charge is -2.44. The van der Waals surface area contributed by atoms with E-state index in [0.29, 0.717) is 6.04 Å². The first kappa shape index (κ1) is 10.7. The van der Waals surface area contributed by atoms with Crippen LogP contribution in [0.5, 0.6) is 0 Å². The lowest BCUT2D eigenvalue weighted by atomic mass is 10.1. The van der Waals surface area contributed by atoms with Crippen LogP contribution in [0.2, 0.25) is 0 Å². The number of rotatable bonds is 3. The molecule has 0 unspecified atom stereocenters. The Balaban J connectivity index is 1.50. The molecule has 0 aromatic heterocycles. The van der Waals surface area contributed by atoms with Crippen molar-refractivity contribution in [2.24, 2.45) is 0 Å². The Morgan fingerprint density at radius 3 is 2.65 bits per heavy atom. The third-order valence-corrected chi connectivity index (χ3v) is 3.66. The molecule has 90 valence electrons. The van der Waals surface area contributed by atoms with E-state index in [2.05, 4.69) is 52.0 Å². The van der Waals surface area contributed by atoms with Crippen LogP contribution in [0.1, 0.15) is 5.56 Å². The van der Waals surface area contributed by atoms with Gasteiger partial charge in [-0.15, -0.1) is 0 Å². The normalized spacial score (nSPS) is 21.4. The molecule has 1 N–H and O–H groups in total. The van der Waals surface area contributed by atoms with Crippen molar-refractivity contribution in [1.29, 1.82) is 0 Å². The molecule has 1 aromatic rings. The molecular weight excluding hydrogens is 210 g/mol. The summed E-state index contributed by atoms with van der Waals surface area (Å²) in [5, 5.41) is 3.30. The third-order valence-electron chi connectivity index (χ3n) is 3.66. The molecule has 2 aliphatic rings. The molecule has 3 heteroatoms. The topological polar surface area (TPSA) is 18.5 Å². The highest BCUT2D eigenvalue weighted by Crippen LogP contribution is 2.21. The highest BCUT2D eigenvalue weighted by Gasteiger charge is 2.33. The Labute approximate surface area is 103 Å². The van der Waals surface area contributed by atoms with Crippen LogP contribution in [0.25, 0.3) is 0 Å². The lowest BCUT2D eigenvalue weighted by Crippen LogP contribution is -2.57. The summed E-state index contributed by atoms with van der Waals surface area (Å²) in [4.78, 5) is 4.90. The zero-order chi connectivity index (χ0) is 11.7. The summed E-state index contributed by atoms with van der Waals surface area (Å²) in [5.74, 6) is 1.11. The number of nitrogens with zero attached hydrogens (tertiary/aromatic N) is 2. The van der Waals surface area contributed by atoms with Gasteiger partial charge in [-0.05, 0) is 5.56 Å². The van der Waals surface area contributed by atoms with Crippen LogP contribution in [0.4, 0.5) is 0 Å². The molecule has 0 saturated carbocycles. The van der Waals surface area contributed by atoms with Crippen molar-refractivity contribution >= 4 is 0 Å². The van der Waals surface area contributed by atoms with Crippen molar-refractivity contribution in [3.05, 3.63) is 48.3 Å². The van der Waals surface area contributed by atoms with Crippen molar-refractivity contribution in [3.63, 3.8) is 0 Å². The van der Waals surface area contributed by atoms with E-state index in [1.165, 1.54) is 5.56 Å². The molecule has 3 nitrogen and oxygen atoms in total. The van der Waals surface area contributed by atoms with Gasteiger partial charge >= 0.3 is 0 Å². The Morgan fingerprint density at radius 1 is 1.24 bits per heavy atom. The second-order valence-corrected chi connectivity index (χ2v) is 4.90. The number of nitrogens with one attached hydrogen (secondary N) is 1. The Hall–Kier alpha value is -1.48. The molecular formula is C14H19N3. The van der Waals surface area contributed by atoms with Crippen LogP contribution in [0, 0.1) is 0 Å². The van der Waals surface area contributed by atoms with Crippen LogP contribution in [0.3, 0.4) is 0 Å². The standard InChI is InChI=1S/C14H19N3/c1-12-15-7-8-17(12)14-10-16(11-14)9-13-5-3-2-4-6-13/h2-6,14-15H,1,7-11H2. The molecule has 0 bridgehead atoms. The highest BCUT2D eigenvalue weighted by atomic mass is 15.4. The minimum Gasteiger partial charge on any atom is -0.370 e. The molecule has 2 fully saturated rings. The number of hydrogen-bond donors (Lipinski definition) is 1. The lowest BCUT2D eigenvalue weighted by molar-refractivity contribution is 0.0566. The van der Waals surface area contributed by atoms with Crippen LogP contribution in [-0.2, 0) is 6.54 Å². The van der Waals surface area contributed by atoms with Crippen LogP contribution < -0.4 is 5.32 Å². The van der Waals surface area contributed by atoms with E-state index < -0.39 is 0 Å². The molecule has 2 saturated heterocycles. The van der Waals surface area contributed by atoms with Gasteiger partial charge in [-0.25, -0.2) is 0 Å². The fourth-order valence-corrected chi connectivity index (χ4v) is 2.67. The summed E-state index contributed by atoms with van der Waals surface area (Å²) in [6.45, 7) is 9.61. The smallest absolute Gasteiger partial charge is 0.0943 e. The van der Waals surface area contributed by atoms with Gasteiger partial charge in [-0.1, -0.05) is 36.9 Å². The minimum atomic E-state index is 0.668. The monoisotopic (exact) mass is 229 g/mol. The van der Waals surface area contributed by atoms with Gasteiger partial charge in [0.1, 0.15) is 0 Å². The summed E-state index contributed by atoms with van der Waals surface area (Å²) in [7, 11) is 0. The third kappa shape index (κ3) is 2.15. The first-order valence-corrected chi connectivity index (χ1v) is 6.28. The quantitative estimate of drug-likeness (QED) is 0.841. The van der Waals surface area contributed by atoms with E-state index in [1.807, 2.05) is 0 Å². The average molecular weight is 229 g/mol. The van der Waals surface area contributed by atoms with Gasteiger partial charge in [-0.2, -0.15) is 0 Å². The van der Waals surface area contributed by atoms with E-state index in [4.69, 9.17) is 0 Å². The van der Waals surface area contributed by atoms with Crippen molar-refractivity contribution in [2.75, 3.05) is 26.2 Å². The van der Waals surface area contributed by atoms with Gasteiger partial charge in [0.15, 0.2) is 0 Å². The summed E-state index contributed by atoms with van der Waals surface area (Å²) in [6, 6.07) is 11.4. The number of likely N-dealkylation sites (tertiary alicyclic amines) is 1. The summed E-state index contributed by atoms with van der Waals surface area (Å²) in [6.07, 6.45) is 0. The van der Waals surface area contributed by atoms with Crippen molar-refractivity contribution in [2.45, 2.75) is 12.6 Å². The molecule has 0 aliphatic carbocycles. The fourth-order valence-electron chi connectivity index (χ4n) is 2.67. The van der Waals surface area contributed by atoms with Gasteiger partial charge in [0.05, 0.1) is 11.9 Å². The second-order valence-electron chi connectivity index (χ2n) is 4.90. The molecule has 2 aliphatic heterocycles. The average Bonchev–Trinajstić information content (AvgIpc) is 2.71. The van der Waals surface area contributed by atoms with Gasteiger partial charge in [-0.3, -0.25) is 4.90 Å². The van der Waals surface area contributed by atoms with Crippen LogP contribution in [-0.4, -0.2) is 42.0 Å². The molecule has 0 radical (unpaired) electrons. The molecule has 0 spiro atoms. The van der Waals surface area contributed by atoms with Gasteiger partial charge in [0.25, 0.3) is 0 Å². The van der Waals surface area contributed by atoms with Crippen molar-refractivity contribution < 1.29 is 0 Å². The predicted molar refractivity (Wildman–Crippen MR) is 69.4 cm³/mol. The molecule has 0 amide bonds. The summed E-state index contributed by atoms with van der Waals surface area (Å²) < 4.78 is 0. The van der Waals surface area contributed by atoms with E-state index in [1.54, 1.807) is 0 Å². The first-order valence-electron chi connectivity index (χ1n) is 6.28. The maximum atomic E-state index is 4.04. The van der Waals surface area contributed by atoms with Crippen LogP contribution >= 0.6 is 0 Å². The largest absolute Gasteiger partial charge is 0.370 e. The SMILES string of the molecule is C=C1NCCN1C1CN(Cc2ccccc2)C1. The summed E-state index contributed by atoms with van der Waals surface area (Å²) >= 11 is 0. The van der Waals surface area contributed by atoms with Gasteiger partial charge in [0.2, 0.25) is 0 Å². The Morgan fingerprint density at radius 2 is 2.00 bits per heavy atom. The molecule has 2 heterocycles. The van der Waals surface area contributed by atoms with E-state index >= 15 is 0 Å². The zero-order valence-electron chi connectivity index (χ0n) is 10.1. The zero-order valence-corrected chi connectivity index (χ0v) is 10.1. The molecule has 3 rings (SSSR count). The predicted octanol–water partition coefficient (Wildman–Crippen LogP) is 1.25. The van der Waals surface area contributed by atoms with Gasteiger partial charge < -0.3 is 10.2 Å². The second kappa shape index (κ2) is 4.41. The minimum absolute atomic E-state index is 0.668. The molecule has 1 aromatic carbocycles. The number of hydrogen-bond acceptors (Lipinski definition) is 3. The van der Waals surface area contributed by atoms with E-state index in [-0.39, 0.29) is 0 Å². The van der Waals surface area contributed by atoms with Crippen molar-refractivity contribution in [1.82, 2.24) is 15.1 Å². The Kier molecular flexibility index (Phi) is 2.77. The number of benzene rings is 1. The first-order chi connectivity index (χ1) is 8.33. The van der Waals surface area contributed by atoms with Gasteiger partial charge in [0, 0.05) is 32.7 Å². The van der Waals surface area contributed by atoms with Crippen LogP contribution in [0.15, 0.2) is 42.7 Å². The molecule has 0 atom stereocenters. The van der Waals surface area contributed by atoms with Crippen molar-refractivity contribution in [3.8, 4) is 0 Å². The highest BCUT2D eigenvalue weighted by molar-refractivity contribution is 5.15. The van der Waals surface area contributed by atoms with E-state index in [0.717, 1.165) is 38.5 Å². The Bertz CT molecular complexity index is 395. The maximum absolute atomic E-state index is 4.04. The van der Waals surface area contributed by atoms with E-state index in [9.17, 15) is 0 Å². The fraction of sp³-hybridized carbons (Fsp3) is 0.429. The maximum Gasteiger partial charge on any atom is 0.0943 e.